The second-order valence-electron chi connectivity index (χ2n) is 6.30. The van der Waals surface area contributed by atoms with Gasteiger partial charge in [-0.05, 0) is 29.8 Å². The molecule has 0 atom stereocenters. The van der Waals surface area contributed by atoms with Crippen LogP contribution in [0.25, 0.3) is 0 Å². The highest BCUT2D eigenvalue weighted by Gasteiger charge is 2.16. The van der Waals surface area contributed by atoms with E-state index in [0.717, 1.165) is 18.1 Å². The van der Waals surface area contributed by atoms with E-state index in [-0.39, 0.29) is 28.9 Å². The van der Waals surface area contributed by atoms with Gasteiger partial charge in [-0.1, -0.05) is 12.1 Å². The van der Waals surface area contributed by atoms with Gasteiger partial charge < -0.3 is 14.8 Å². The summed E-state index contributed by atoms with van der Waals surface area (Å²) in [5.41, 5.74) is 2.17. The number of hydrogen-bond donors (Lipinski definition) is 1. The molecular formula is C18H28IN5O2S. The first kappa shape index (κ1) is 23.4. The number of hydrogen-bond acceptors (Lipinski definition) is 3. The van der Waals surface area contributed by atoms with Crippen LogP contribution in [0.15, 0.2) is 52.5 Å². The molecule has 0 fully saturated rings. The minimum atomic E-state index is -3.40. The summed E-state index contributed by atoms with van der Waals surface area (Å²) >= 11 is 0. The van der Waals surface area contributed by atoms with Gasteiger partial charge in [-0.2, -0.15) is 0 Å². The van der Waals surface area contributed by atoms with Crippen LogP contribution < -0.4 is 5.32 Å². The Morgan fingerprint density at radius 1 is 1.15 bits per heavy atom. The molecule has 27 heavy (non-hydrogen) atoms. The zero-order valence-corrected chi connectivity index (χ0v) is 19.5. The smallest absolute Gasteiger partial charge is 0.242 e. The first-order valence-corrected chi connectivity index (χ1v) is 9.73. The standard InChI is InChI=1S/C18H27N5O2S.HI/c1-19-18(23(5)14-16-7-6-12-22(16)4)20-13-15-8-10-17(11-9-15)26(24,25)21(2)3;/h6-12H,13-14H2,1-5H3,(H,19,20);1H. The van der Waals surface area contributed by atoms with Crippen LogP contribution in [0.2, 0.25) is 0 Å². The summed E-state index contributed by atoms with van der Waals surface area (Å²) in [6.07, 6.45) is 2.02. The van der Waals surface area contributed by atoms with E-state index >= 15 is 0 Å². The maximum Gasteiger partial charge on any atom is 0.242 e. The second kappa shape index (κ2) is 10.1. The Labute approximate surface area is 179 Å². The van der Waals surface area contributed by atoms with Crippen LogP contribution in [-0.2, 0) is 30.2 Å². The molecule has 0 saturated heterocycles. The van der Waals surface area contributed by atoms with Gasteiger partial charge in [0, 0.05) is 53.7 Å². The maximum atomic E-state index is 12.1. The van der Waals surface area contributed by atoms with Crippen LogP contribution in [0.4, 0.5) is 0 Å². The van der Waals surface area contributed by atoms with E-state index in [4.69, 9.17) is 0 Å². The van der Waals surface area contributed by atoms with Crippen molar-refractivity contribution >= 4 is 40.0 Å². The van der Waals surface area contributed by atoms with Crippen molar-refractivity contribution in [2.24, 2.45) is 12.0 Å². The highest BCUT2D eigenvalue weighted by molar-refractivity contribution is 14.0. The van der Waals surface area contributed by atoms with Crippen LogP contribution >= 0.6 is 24.0 Å². The summed E-state index contributed by atoms with van der Waals surface area (Å²) in [4.78, 5) is 6.64. The molecule has 7 nitrogen and oxygen atoms in total. The van der Waals surface area contributed by atoms with E-state index in [9.17, 15) is 8.42 Å². The van der Waals surface area contributed by atoms with Crippen LogP contribution in [0.1, 0.15) is 11.3 Å². The third-order valence-electron chi connectivity index (χ3n) is 4.18. The molecule has 2 rings (SSSR count). The summed E-state index contributed by atoms with van der Waals surface area (Å²) in [6.45, 7) is 1.30. The first-order chi connectivity index (χ1) is 12.3. The largest absolute Gasteiger partial charge is 0.353 e. The number of sulfonamides is 1. The van der Waals surface area contributed by atoms with Crippen LogP contribution in [0, 0.1) is 0 Å². The highest BCUT2D eigenvalue weighted by Crippen LogP contribution is 2.14. The van der Waals surface area contributed by atoms with Crippen molar-refractivity contribution in [1.82, 2.24) is 19.1 Å². The fraction of sp³-hybridized carbons (Fsp3) is 0.389. The molecule has 1 heterocycles. The summed E-state index contributed by atoms with van der Waals surface area (Å²) in [7, 11) is 5.40. The van der Waals surface area contributed by atoms with Gasteiger partial charge in [0.05, 0.1) is 11.4 Å². The van der Waals surface area contributed by atoms with Crippen LogP contribution in [0.5, 0.6) is 0 Å². The quantitative estimate of drug-likeness (QED) is 0.371. The molecule has 0 amide bonds. The lowest BCUT2D eigenvalue weighted by Crippen LogP contribution is -2.38. The van der Waals surface area contributed by atoms with Gasteiger partial charge in [0.25, 0.3) is 0 Å². The molecule has 0 spiro atoms. The number of guanidine groups is 1. The van der Waals surface area contributed by atoms with E-state index < -0.39 is 10.0 Å². The molecule has 1 aromatic carbocycles. The van der Waals surface area contributed by atoms with E-state index in [1.807, 2.05) is 43.4 Å². The average Bonchev–Trinajstić information content (AvgIpc) is 3.00. The third kappa shape index (κ3) is 5.94. The Bertz CT molecular complexity index is 860. The van der Waals surface area contributed by atoms with Gasteiger partial charge in [-0.3, -0.25) is 4.99 Å². The Hall–Kier alpha value is -1.59. The number of nitrogens with zero attached hydrogens (tertiary/aromatic N) is 4. The van der Waals surface area contributed by atoms with E-state index in [2.05, 4.69) is 20.9 Å². The van der Waals surface area contributed by atoms with Crippen molar-refractivity contribution in [3.8, 4) is 0 Å². The summed E-state index contributed by atoms with van der Waals surface area (Å²) in [5.74, 6) is 0.774. The Morgan fingerprint density at radius 2 is 1.78 bits per heavy atom. The molecular weight excluding hydrogens is 477 g/mol. The minimum absolute atomic E-state index is 0. The number of halogens is 1. The lowest BCUT2D eigenvalue weighted by molar-refractivity contribution is 0.461. The molecule has 0 unspecified atom stereocenters. The fourth-order valence-electron chi connectivity index (χ4n) is 2.53. The molecule has 2 aromatic rings. The number of rotatable bonds is 6. The molecule has 0 aliphatic rings. The highest BCUT2D eigenvalue weighted by atomic mass is 127. The Kier molecular flexibility index (Phi) is 8.76. The SMILES string of the molecule is CN=C(NCc1ccc(S(=O)(=O)N(C)C)cc1)N(C)Cc1cccn1C.I. The van der Waals surface area contributed by atoms with Gasteiger partial charge >= 0.3 is 0 Å². The summed E-state index contributed by atoms with van der Waals surface area (Å²) in [5, 5.41) is 3.31. The predicted molar refractivity (Wildman–Crippen MR) is 120 cm³/mol. The zero-order valence-electron chi connectivity index (χ0n) is 16.4. The molecule has 9 heteroatoms. The number of aliphatic imine (C=N–C) groups is 1. The number of benzene rings is 1. The number of aromatic nitrogens is 1. The molecule has 1 aromatic heterocycles. The fourth-order valence-corrected chi connectivity index (χ4v) is 3.44. The van der Waals surface area contributed by atoms with Gasteiger partial charge in [0.15, 0.2) is 5.96 Å². The van der Waals surface area contributed by atoms with Crippen molar-refractivity contribution in [3.05, 3.63) is 53.9 Å². The summed E-state index contributed by atoms with van der Waals surface area (Å²) < 4.78 is 27.5. The lowest BCUT2D eigenvalue weighted by atomic mass is 10.2. The lowest BCUT2D eigenvalue weighted by Gasteiger charge is -2.22. The van der Waals surface area contributed by atoms with Crippen molar-refractivity contribution in [1.29, 1.82) is 0 Å². The third-order valence-corrected chi connectivity index (χ3v) is 6.01. The van der Waals surface area contributed by atoms with Crippen molar-refractivity contribution in [2.75, 3.05) is 28.2 Å². The first-order valence-electron chi connectivity index (χ1n) is 8.29. The maximum absolute atomic E-state index is 12.1. The molecule has 0 bridgehead atoms. The van der Waals surface area contributed by atoms with Gasteiger partial charge in [0.1, 0.15) is 0 Å². The second-order valence-corrected chi connectivity index (χ2v) is 8.45. The van der Waals surface area contributed by atoms with Crippen molar-refractivity contribution in [2.45, 2.75) is 18.0 Å². The number of aryl methyl sites for hydroxylation is 1. The van der Waals surface area contributed by atoms with E-state index in [1.54, 1.807) is 19.2 Å². The van der Waals surface area contributed by atoms with Crippen molar-refractivity contribution in [3.63, 3.8) is 0 Å². The number of nitrogens with one attached hydrogen (secondary N) is 1. The van der Waals surface area contributed by atoms with Gasteiger partial charge in [0.2, 0.25) is 10.0 Å². The average molecular weight is 505 g/mol. The topological polar surface area (TPSA) is 69.9 Å². The monoisotopic (exact) mass is 505 g/mol. The molecule has 0 saturated carbocycles. The van der Waals surface area contributed by atoms with E-state index in [1.165, 1.54) is 24.1 Å². The molecule has 0 aliphatic carbocycles. The van der Waals surface area contributed by atoms with Crippen LogP contribution in [-0.4, -0.2) is 56.3 Å². The normalized spacial score (nSPS) is 12.0. The Morgan fingerprint density at radius 3 is 2.26 bits per heavy atom. The molecule has 150 valence electrons. The van der Waals surface area contributed by atoms with Gasteiger partial charge in [-0.25, -0.2) is 12.7 Å². The molecule has 0 radical (unpaired) electrons. The molecule has 0 aliphatic heterocycles. The Balaban J connectivity index is 0.00000364. The zero-order chi connectivity index (χ0) is 19.3. The van der Waals surface area contributed by atoms with Crippen LogP contribution in [0.3, 0.4) is 0 Å². The van der Waals surface area contributed by atoms with Crippen molar-refractivity contribution < 1.29 is 8.42 Å². The minimum Gasteiger partial charge on any atom is -0.353 e. The summed E-state index contributed by atoms with van der Waals surface area (Å²) in [6, 6.07) is 11.0. The van der Waals surface area contributed by atoms with E-state index in [0.29, 0.717) is 6.54 Å². The van der Waals surface area contributed by atoms with Gasteiger partial charge in [-0.15, -0.1) is 24.0 Å². The predicted octanol–water partition coefficient (Wildman–Crippen LogP) is 2.10. The molecule has 1 N–H and O–H groups in total.